The van der Waals surface area contributed by atoms with E-state index in [1.165, 1.54) is 23.1 Å². The molecule has 2 aromatic carbocycles. The van der Waals surface area contributed by atoms with Crippen molar-refractivity contribution in [2.75, 3.05) is 6.54 Å². The number of carboxylic acids is 1. The zero-order valence-electron chi connectivity index (χ0n) is 16.3. The Labute approximate surface area is 173 Å². The quantitative estimate of drug-likeness (QED) is 0.297. The third-order valence-corrected chi connectivity index (χ3v) is 5.08. The summed E-state index contributed by atoms with van der Waals surface area (Å²) in [6, 6.07) is 13.1. The molecule has 2 N–H and O–H groups in total. The van der Waals surface area contributed by atoms with Gasteiger partial charge in [0.25, 0.3) is 11.7 Å². The molecule has 0 aliphatic carbocycles. The third-order valence-electron chi connectivity index (χ3n) is 5.08. The van der Waals surface area contributed by atoms with Crippen LogP contribution in [-0.4, -0.2) is 39.3 Å². The van der Waals surface area contributed by atoms with Crippen LogP contribution in [0, 0.1) is 5.82 Å². The lowest BCUT2D eigenvalue weighted by Crippen LogP contribution is -2.31. The van der Waals surface area contributed by atoms with Gasteiger partial charge in [-0.25, -0.2) is 4.39 Å². The van der Waals surface area contributed by atoms with Crippen LogP contribution in [0.1, 0.15) is 42.9 Å². The number of hydrogen-bond acceptors (Lipinski definition) is 4. The Kier molecular flexibility index (Phi) is 6.61. The normalized spacial score (nSPS) is 18.0. The molecule has 1 atom stereocenters. The number of aliphatic hydroxyl groups excluding tert-OH is 1. The summed E-state index contributed by atoms with van der Waals surface area (Å²) in [5.41, 5.74) is 0.333. The molecule has 1 fully saturated rings. The average molecular weight is 411 g/mol. The van der Waals surface area contributed by atoms with Crippen molar-refractivity contribution in [2.24, 2.45) is 0 Å². The summed E-state index contributed by atoms with van der Waals surface area (Å²) < 4.78 is 14.6. The summed E-state index contributed by atoms with van der Waals surface area (Å²) in [5, 5.41) is 19.6. The predicted octanol–water partition coefficient (Wildman–Crippen LogP) is 3.89. The van der Waals surface area contributed by atoms with Gasteiger partial charge in [0.05, 0.1) is 11.6 Å². The third kappa shape index (κ3) is 4.40. The number of carbonyl (C=O) groups excluding carboxylic acids is 2. The van der Waals surface area contributed by atoms with E-state index in [0.717, 1.165) is 0 Å². The minimum Gasteiger partial charge on any atom is -0.507 e. The van der Waals surface area contributed by atoms with Crippen molar-refractivity contribution in [3.05, 3.63) is 77.1 Å². The number of nitrogens with zero attached hydrogens (tertiary/aromatic N) is 1. The Hall–Kier alpha value is -3.48. The van der Waals surface area contributed by atoms with Gasteiger partial charge in [0, 0.05) is 24.1 Å². The van der Waals surface area contributed by atoms with Crippen LogP contribution < -0.4 is 0 Å². The molecule has 7 heteroatoms. The molecule has 156 valence electrons. The number of likely N-dealkylation sites (tertiary alicyclic amines) is 1. The van der Waals surface area contributed by atoms with Gasteiger partial charge in [0.1, 0.15) is 11.6 Å². The number of unbranched alkanes of at least 4 members (excludes halogenated alkanes) is 2. The fourth-order valence-corrected chi connectivity index (χ4v) is 3.62. The molecule has 30 heavy (non-hydrogen) atoms. The van der Waals surface area contributed by atoms with E-state index in [0.29, 0.717) is 24.8 Å². The van der Waals surface area contributed by atoms with Gasteiger partial charge in [-0.3, -0.25) is 14.4 Å². The number of benzene rings is 2. The Morgan fingerprint density at radius 2 is 1.60 bits per heavy atom. The first-order chi connectivity index (χ1) is 14.4. The second-order valence-electron chi connectivity index (χ2n) is 7.08. The molecule has 1 unspecified atom stereocenters. The maximum atomic E-state index is 14.6. The number of Topliss-reactive ketones (excluding diaryl/α,β-unsaturated/α-hetero) is 1. The summed E-state index contributed by atoms with van der Waals surface area (Å²) in [6.45, 7) is 0.148. The lowest BCUT2D eigenvalue weighted by atomic mass is 9.95. The van der Waals surface area contributed by atoms with Crippen molar-refractivity contribution in [1.29, 1.82) is 0 Å². The van der Waals surface area contributed by atoms with Crippen molar-refractivity contribution in [1.82, 2.24) is 4.90 Å². The molecule has 1 amide bonds. The largest absolute Gasteiger partial charge is 0.507 e. The van der Waals surface area contributed by atoms with E-state index in [4.69, 9.17) is 5.11 Å². The van der Waals surface area contributed by atoms with Crippen LogP contribution >= 0.6 is 0 Å². The van der Waals surface area contributed by atoms with Crippen LogP contribution in [0.5, 0.6) is 0 Å². The number of hydrogen-bond donors (Lipinski definition) is 2. The first-order valence-corrected chi connectivity index (χ1v) is 9.72. The van der Waals surface area contributed by atoms with E-state index in [9.17, 15) is 23.9 Å². The predicted molar refractivity (Wildman–Crippen MR) is 108 cm³/mol. The molecule has 3 rings (SSSR count). The van der Waals surface area contributed by atoms with Crippen LogP contribution in [0.4, 0.5) is 4.39 Å². The Balaban J connectivity index is 1.98. The summed E-state index contributed by atoms with van der Waals surface area (Å²) >= 11 is 0. The monoisotopic (exact) mass is 411 g/mol. The fourth-order valence-electron chi connectivity index (χ4n) is 3.62. The highest BCUT2D eigenvalue weighted by atomic mass is 19.1. The van der Waals surface area contributed by atoms with Crippen molar-refractivity contribution in [3.8, 4) is 0 Å². The number of amides is 1. The van der Waals surface area contributed by atoms with E-state index >= 15 is 0 Å². The zero-order chi connectivity index (χ0) is 21.7. The molecule has 1 heterocycles. The number of carboxylic acid groups (broad SMARTS) is 1. The number of aliphatic carboxylic acids is 1. The summed E-state index contributed by atoms with van der Waals surface area (Å²) in [4.78, 5) is 37.4. The average Bonchev–Trinajstić information content (AvgIpc) is 2.98. The standard InChI is InChI=1S/C23H22FNO5/c24-17-12-7-6-11-16(17)20-19(21(28)15-9-3-1-4-10-15)22(29)23(30)25(20)14-8-2-5-13-18(26)27/h1,3-4,6-7,9-12,20,28H,2,5,8,13-14H2,(H,26,27)/b21-19-. The van der Waals surface area contributed by atoms with Gasteiger partial charge in [-0.1, -0.05) is 55.0 Å². The summed E-state index contributed by atoms with van der Waals surface area (Å²) in [5.74, 6) is -3.51. The summed E-state index contributed by atoms with van der Waals surface area (Å²) in [6.07, 6.45) is 1.45. The molecular weight excluding hydrogens is 389 g/mol. The number of halogens is 1. The molecule has 0 radical (unpaired) electrons. The van der Waals surface area contributed by atoms with E-state index in [-0.39, 0.29) is 29.9 Å². The highest BCUT2D eigenvalue weighted by molar-refractivity contribution is 6.46. The highest BCUT2D eigenvalue weighted by Gasteiger charge is 2.46. The molecule has 0 saturated carbocycles. The molecule has 0 bridgehead atoms. The lowest BCUT2D eigenvalue weighted by Gasteiger charge is -2.25. The van der Waals surface area contributed by atoms with Gasteiger partial charge in [-0.2, -0.15) is 0 Å². The van der Waals surface area contributed by atoms with Crippen LogP contribution in [0.3, 0.4) is 0 Å². The molecule has 0 spiro atoms. The molecular formula is C23H22FNO5. The molecule has 0 aromatic heterocycles. The molecule has 2 aromatic rings. The van der Waals surface area contributed by atoms with Crippen molar-refractivity contribution < 1.29 is 29.0 Å². The van der Waals surface area contributed by atoms with E-state index in [1.54, 1.807) is 36.4 Å². The van der Waals surface area contributed by atoms with Gasteiger partial charge in [-0.05, 0) is 18.9 Å². The van der Waals surface area contributed by atoms with Gasteiger partial charge < -0.3 is 15.1 Å². The number of aliphatic hydroxyl groups is 1. The van der Waals surface area contributed by atoms with Gasteiger partial charge in [0.2, 0.25) is 0 Å². The Morgan fingerprint density at radius 3 is 2.27 bits per heavy atom. The lowest BCUT2D eigenvalue weighted by molar-refractivity contribution is -0.140. The molecule has 6 nitrogen and oxygen atoms in total. The van der Waals surface area contributed by atoms with Crippen molar-refractivity contribution in [3.63, 3.8) is 0 Å². The van der Waals surface area contributed by atoms with Crippen LogP contribution in [0.25, 0.3) is 5.76 Å². The van der Waals surface area contributed by atoms with Crippen LogP contribution in [-0.2, 0) is 14.4 Å². The molecule has 1 aliphatic heterocycles. The molecule has 1 saturated heterocycles. The van der Waals surface area contributed by atoms with E-state index in [2.05, 4.69) is 0 Å². The Bertz CT molecular complexity index is 986. The topological polar surface area (TPSA) is 94.9 Å². The minimum atomic E-state index is -1.05. The fraction of sp³-hybridized carbons (Fsp3) is 0.261. The maximum Gasteiger partial charge on any atom is 0.303 e. The molecule has 1 aliphatic rings. The number of ketones is 1. The van der Waals surface area contributed by atoms with Crippen molar-refractivity contribution >= 4 is 23.4 Å². The van der Waals surface area contributed by atoms with E-state index in [1.807, 2.05) is 0 Å². The Morgan fingerprint density at radius 1 is 0.933 bits per heavy atom. The highest BCUT2D eigenvalue weighted by Crippen LogP contribution is 2.40. The zero-order valence-corrected chi connectivity index (χ0v) is 16.3. The minimum absolute atomic E-state index is 0.0174. The van der Waals surface area contributed by atoms with Crippen molar-refractivity contribution in [2.45, 2.75) is 31.7 Å². The summed E-state index contributed by atoms with van der Waals surface area (Å²) in [7, 11) is 0. The van der Waals surface area contributed by atoms with Gasteiger partial charge in [0.15, 0.2) is 0 Å². The van der Waals surface area contributed by atoms with Crippen LogP contribution in [0.15, 0.2) is 60.2 Å². The maximum absolute atomic E-state index is 14.6. The first kappa shape index (κ1) is 21.2. The number of carbonyl (C=O) groups is 3. The smallest absolute Gasteiger partial charge is 0.303 e. The SMILES string of the molecule is O=C(O)CCCCCN1C(=O)C(=O)/C(=C(\O)c2ccccc2)C1c1ccccc1F. The van der Waals surface area contributed by atoms with Gasteiger partial charge >= 0.3 is 5.97 Å². The first-order valence-electron chi connectivity index (χ1n) is 9.72. The van der Waals surface area contributed by atoms with Gasteiger partial charge in [-0.15, -0.1) is 0 Å². The second kappa shape index (κ2) is 9.35. The van der Waals surface area contributed by atoms with Crippen LogP contribution in [0.2, 0.25) is 0 Å². The second-order valence-corrected chi connectivity index (χ2v) is 7.08. The number of rotatable bonds is 8. The van der Waals surface area contributed by atoms with E-state index < -0.39 is 29.5 Å².